The average Bonchev–Trinajstić information content (AvgIpc) is 3.15. The minimum Gasteiger partial charge on any atom is -0.497 e. The summed E-state index contributed by atoms with van der Waals surface area (Å²) in [5.74, 6) is -0.591. The van der Waals surface area contributed by atoms with E-state index < -0.39 is 17.7 Å². The van der Waals surface area contributed by atoms with Gasteiger partial charge >= 0.3 is 0 Å². The van der Waals surface area contributed by atoms with E-state index in [1.165, 1.54) is 0 Å². The molecule has 0 bridgehead atoms. The summed E-state index contributed by atoms with van der Waals surface area (Å²) >= 11 is 2.19. The lowest BCUT2D eigenvalue weighted by molar-refractivity contribution is -0.226. The highest BCUT2D eigenvalue weighted by Crippen LogP contribution is 2.36. The second kappa shape index (κ2) is 13.9. The molecule has 1 unspecified atom stereocenters. The van der Waals surface area contributed by atoms with Crippen molar-refractivity contribution < 1.29 is 33.6 Å². The zero-order valence-electron chi connectivity index (χ0n) is 21.7. The van der Waals surface area contributed by atoms with E-state index >= 15 is 0 Å². The molecule has 0 aromatic heterocycles. The fourth-order valence-electron chi connectivity index (χ4n) is 3.96. The first-order chi connectivity index (χ1) is 17.8. The minimum atomic E-state index is -2.07. The molecular formula is C29H35IO7. The number of methoxy groups -OCH3 is 2. The van der Waals surface area contributed by atoms with Crippen LogP contribution in [0, 0.1) is 0 Å². The fourth-order valence-corrected chi connectivity index (χ4v) is 4.32. The van der Waals surface area contributed by atoms with Gasteiger partial charge in [0.25, 0.3) is 5.79 Å². The third-order valence-electron chi connectivity index (χ3n) is 6.38. The third kappa shape index (κ3) is 7.80. The van der Waals surface area contributed by atoms with E-state index in [-0.39, 0.29) is 12.7 Å². The van der Waals surface area contributed by atoms with Gasteiger partial charge in [-0.2, -0.15) is 0 Å². The Morgan fingerprint density at radius 3 is 2.03 bits per heavy atom. The predicted octanol–water partition coefficient (Wildman–Crippen LogP) is 5.88. The number of hydrogen-bond donors (Lipinski definition) is 1. The molecule has 0 saturated heterocycles. The predicted molar refractivity (Wildman–Crippen MR) is 150 cm³/mol. The molecule has 3 rings (SSSR count). The number of benzene rings is 2. The van der Waals surface area contributed by atoms with E-state index in [9.17, 15) is 9.90 Å². The van der Waals surface area contributed by atoms with Crippen molar-refractivity contribution in [1.29, 1.82) is 0 Å². The molecule has 2 aromatic rings. The normalized spacial score (nSPS) is 19.2. The molecule has 0 aliphatic carbocycles. The first-order valence-electron chi connectivity index (χ1n) is 12.2. The molecule has 0 spiro atoms. The van der Waals surface area contributed by atoms with Crippen LogP contribution in [-0.2, 0) is 32.2 Å². The van der Waals surface area contributed by atoms with Crippen molar-refractivity contribution in [3.05, 3.63) is 81.1 Å². The first-order valence-corrected chi connectivity index (χ1v) is 13.5. The molecule has 0 amide bonds. The Morgan fingerprint density at radius 2 is 1.51 bits per heavy atom. The van der Waals surface area contributed by atoms with Gasteiger partial charge in [0, 0.05) is 12.0 Å². The van der Waals surface area contributed by atoms with Crippen molar-refractivity contribution in [2.24, 2.45) is 0 Å². The van der Waals surface area contributed by atoms with Gasteiger partial charge < -0.3 is 28.8 Å². The molecule has 0 fully saturated rings. The van der Waals surface area contributed by atoms with Crippen LogP contribution in [0.25, 0.3) is 0 Å². The van der Waals surface area contributed by atoms with Crippen molar-refractivity contribution in [1.82, 2.24) is 0 Å². The Kier molecular flexibility index (Phi) is 11.0. The standard InChI is InChI=1S/C29H35IO7/c1-20-27(17-26(7-5-6-16-30)36-19-23-10-14-25(34-4)15-11-23)37-29(32,28(20)31)21(2)35-18-22-8-12-24(33-3)13-9-22/h6,8-16,21,26,32H,5,7,17-19H2,1-4H3/b16-6+/t21-,26+,29?/m0/s1. The highest BCUT2D eigenvalue weighted by Gasteiger charge is 2.51. The summed E-state index contributed by atoms with van der Waals surface area (Å²) in [7, 11) is 3.24. The highest BCUT2D eigenvalue weighted by atomic mass is 127. The average molecular weight is 622 g/mol. The van der Waals surface area contributed by atoms with Gasteiger partial charge in [-0.1, -0.05) is 52.9 Å². The second-order valence-electron chi connectivity index (χ2n) is 8.90. The maximum absolute atomic E-state index is 13.1. The van der Waals surface area contributed by atoms with E-state index in [0.717, 1.165) is 35.5 Å². The monoisotopic (exact) mass is 622 g/mol. The molecule has 37 heavy (non-hydrogen) atoms. The number of Topliss-reactive ketones (excluding diaryl/α,β-unsaturated/α-hetero) is 1. The Bertz CT molecular complexity index is 1080. The SMILES string of the molecule is COc1ccc(CO[C@H](CC/C=C/I)CC2=C(C)C(=O)C(O)([C@H](C)OCc3ccc(OC)cc3)O2)cc1. The molecule has 0 radical (unpaired) electrons. The molecule has 2 aromatic carbocycles. The number of ketones is 1. The van der Waals surface area contributed by atoms with Crippen LogP contribution in [0.15, 0.2) is 70.0 Å². The number of allylic oxidation sites excluding steroid dienone is 1. The maximum atomic E-state index is 13.1. The molecule has 1 aliphatic rings. The first kappa shape index (κ1) is 29.2. The smallest absolute Gasteiger partial charge is 0.298 e. The summed E-state index contributed by atoms with van der Waals surface area (Å²) in [5.41, 5.74) is 2.30. The molecule has 3 atom stereocenters. The van der Waals surface area contributed by atoms with E-state index in [0.29, 0.717) is 24.4 Å². The summed E-state index contributed by atoms with van der Waals surface area (Å²) in [6.07, 6.45) is 2.92. The van der Waals surface area contributed by atoms with E-state index in [4.69, 9.17) is 23.7 Å². The van der Waals surface area contributed by atoms with Crippen molar-refractivity contribution in [3.8, 4) is 11.5 Å². The van der Waals surface area contributed by atoms with Crippen LogP contribution in [0.3, 0.4) is 0 Å². The molecule has 1 heterocycles. The molecule has 7 nitrogen and oxygen atoms in total. The van der Waals surface area contributed by atoms with Gasteiger partial charge in [-0.15, -0.1) is 0 Å². The summed E-state index contributed by atoms with van der Waals surface area (Å²) < 4.78 is 30.3. The van der Waals surface area contributed by atoms with Gasteiger partial charge in [-0.25, -0.2) is 0 Å². The Morgan fingerprint density at radius 1 is 0.973 bits per heavy atom. The number of aliphatic hydroxyl groups is 1. The lowest BCUT2D eigenvalue weighted by Crippen LogP contribution is -2.48. The number of carbonyl (C=O) groups is 1. The lowest BCUT2D eigenvalue weighted by atomic mass is 10.0. The largest absolute Gasteiger partial charge is 0.497 e. The van der Waals surface area contributed by atoms with Gasteiger partial charge in [0.1, 0.15) is 23.4 Å². The highest BCUT2D eigenvalue weighted by molar-refractivity contribution is 14.1. The van der Waals surface area contributed by atoms with Crippen LogP contribution in [0.2, 0.25) is 0 Å². The number of ether oxygens (including phenoxy) is 5. The van der Waals surface area contributed by atoms with E-state index in [1.807, 2.05) is 52.6 Å². The molecule has 200 valence electrons. The number of halogens is 1. The van der Waals surface area contributed by atoms with Crippen molar-refractivity contribution >= 4 is 28.4 Å². The molecule has 0 saturated carbocycles. The second-order valence-corrected chi connectivity index (χ2v) is 9.62. The van der Waals surface area contributed by atoms with Crippen LogP contribution in [0.1, 0.15) is 44.2 Å². The van der Waals surface area contributed by atoms with Crippen molar-refractivity contribution in [3.63, 3.8) is 0 Å². The van der Waals surface area contributed by atoms with Crippen LogP contribution in [0.4, 0.5) is 0 Å². The molecular weight excluding hydrogens is 587 g/mol. The van der Waals surface area contributed by atoms with Crippen LogP contribution < -0.4 is 9.47 Å². The summed E-state index contributed by atoms with van der Waals surface area (Å²) in [6.45, 7) is 3.95. The van der Waals surface area contributed by atoms with E-state index in [1.54, 1.807) is 28.1 Å². The van der Waals surface area contributed by atoms with Gasteiger partial charge in [0.05, 0.1) is 33.5 Å². The van der Waals surface area contributed by atoms with Crippen LogP contribution >= 0.6 is 22.6 Å². The quantitative estimate of drug-likeness (QED) is 0.264. The maximum Gasteiger partial charge on any atom is 0.298 e. The summed E-state index contributed by atoms with van der Waals surface area (Å²) in [5, 5.41) is 11.2. The topological polar surface area (TPSA) is 83.5 Å². The molecule has 1 aliphatic heterocycles. The lowest BCUT2D eigenvalue weighted by Gasteiger charge is -2.29. The van der Waals surface area contributed by atoms with Gasteiger partial charge in [-0.05, 0) is 66.2 Å². The van der Waals surface area contributed by atoms with Crippen molar-refractivity contribution in [2.45, 2.75) is 64.3 Å². The van der Waals surface area contributed by atoms with Crippen molar-refractivity contribution in [2.75, 3.05) is 14.2 Å². The number of carbonyl (C=O) groups excluding carboxylic acids is 1. The summed E-state index contributed by atoms with van der Waals surface area (Å²) in [6, 6.07) is 15.1. The number of rotatable bonds is 14. The Hall–Kier alpha value is -2.40. The number of hydrogen-bond acceptors (Lipinski definition) is 7. The van der Waals surface area contributed by atoms with Gasteiger partial charge in [0.15, 0.2) is 0 Å². The zero-order chi connectivity index (χ0) is 26.8. The minimum absolute atomic E-state index is 0.203. The van der Waals surface area contributed by atoms with Crippen LogP contribution in [0.5, 0.6) is 11.5 Å². The Labute approximate surface area is 232 Å². The van der Waals surface area contributed by atoms with Gasteiger partial charge in [-0.3, -0.25) is 4.79 Å². The Balaban J connectivity index is 1.63. The van der Waals surface area contributed by atoms with E-state index in [2.05, 4.69) is 28.7 Å². The fraction of sp³-hybridized carbons (Fsp3) is 0.414. The third-order valence-corrected chi connectivity index (χ3v) is 6.88. The zero-order valence-corrected chi connectivity index (χ0v) is 23.9. The molecule has 1 N–H and O–H groups in total. The van der Waals surface area contributed by atoms with Gasteiger partial charge in [0.2, 0.25) is 5.78 Å². The van der Waals surface area contributed by atoms with Crippen LogP contribution in [-0.4, -0.2) is 43.1 Å². The summed E-state index contributed by atoms with van der Waals surface area (Å²) in [4.78, 5) is 13.1. The molecule has 8 heteroatoms.